The zero-order valence-corrected chi connectivity index (χ0v) is 8.03. The van der Waals surface area contributed by atoms with Gasteiger partial charge in [-0.05, 0) is 12.1 Å². The molecule has 0 aliphatic heterocycles. The molecule has 1 rings (SSSR count). The van der Waals surface area contributed by atoms with Crippen molar-refractivity contribution in [2.75, 3.05) is 24.3 Å². The monoisotopic (exact) mass is 179 g/mol. The minimum Gasteiger partial charge on any atom is -0.361 e. The minimum absolute atomic E-state index is 0.0869. The number of hydrogen-bond donors (Lipinski definition) is 1. The van der Waals surface area contributed by atoms with E-state index in [1.807, 2.05) is 25.1 Å². The van der Waals surface area contributed by atoms with E-state index in [0.717, 1.165) is 11.5 Å². The normalized spacial score (nSPS) is 9.46. The summed E-state index contributed by atoms with van der Waals surface area (Å²) in [4.78, 5) is 16.8. The number of carbonyl (C=O) groups excluding carboxylic acids is 1. The average molecular weight is 179 g/mol. The van der Waals surface area contributed by atoms with Gasteiger partial charge in [-0.1, -0.05) is 0 Å². The molecule has 4 heteroatoms. The Kier molecular flexibility index (Phi) is 2.84. The van der Waals surface area contributed by atoms with Gasteiger partial charge < -0.3 is 10.2 Å². The summed E-state index contributed by atoms with van der Waals surface area (Å²) >= 11 is 0. The number of rotatable bonds is 2. The number of carbonyl (C=O) groups is 1. The highest BCUT2D eigenvalue weighted by molar-refractivity contribution is 5.91. The number of aromatic nitrogens is 1. The van der Waals surface area contributed by atoms with Crippen LogP contribution < -0.4 is 10.2 Å². The van der Waals surface area contributed by atoms with E-state index in [9.17, 15) is 4.79 Å². The molecular formula is C9H13N3O. The Hall–Kier alpha value is -1.58. The third-order valence-corrected chi connectivity index (χ3v) is 1.52. The molecule has 70 valence electrons. The van der Waals surface area contributed by atoms with Crippen molar-refractivity contribution in [1.29, 1.82) is 0 Å². The maximum Gasteiger partial charge on any atom is 0.221 e. The van der Waals surface area contributed by atoms with Crippen LogP contribution in [0.1, 0.15) is 6.92 Å². The lowest BCUT2D eigenvalue weighted by Gasteiger charge is -2.15. The first-order valence-corrected chi connectivity index (χ1v) is 4.01. The molecular weight excluding hydrogens is 166 g/mol. The molecule has 13 heavy (non-hydrogen) atoms. The van der Waals surface area contributed by atoms with Gasteiger partial charge in [-0.25, -0.2) is 4.98 Å². The summed E-state index contributed by atoms with van der Waals surface area (Å²) in [6, 6.07) is 3.61. The standard InChI is InChI=1S/C9H13N3O/c1-7(13)11-8-5-4-6-10-9(8)12(2)3/h4-6H,1-3H3,(H,11,13). The first-order valence-electron chi connectivity index (χ1n) is 4.01. The fourth-order valence-corrected chi connectivity index (χ4v) is 1.04. The van der Waals surface area contributed by atoms with Crippen molar-refractivity contribution in [3.63, 3.8) is 0 Å². The fraction of sp³-hybridized carbons (Fsp3) is 0.333. The molecule has 4 nitrogen and oxygen atoms in total. The highest BCUT2D eigenvalue weighted by Crippen LogP contribution is 2.19. The number of pyridine rings is 1. The highest BCUT2D eigenvalue weighted by atomic mass is 16.1. The molecule has 0 saturated heterocycles. The van der Waals surface area contributed by atoms with Crippen LogP contribution in [0.5, 0.6) is 0 Å². The van der Waals surface area contributed by atoms with Gasteiger partial charge in [0.15, 0.2) is 5.82 Å². The molecule has 1 N–H and O–H groups in total. The molecule has 0 saturated carbocycles. The van der Waals surface area contributed by atoms with E-state index in [1.54, 1.807) is 12.3 Å². The van der Waals surface area contributed by atoms with E-state index in [-0.39, 0.29) is 5.91 Å². The zero-order chi connectivity index (χ0) is 9.84. The van der Waals surface area contributed by atoms with Gasteiger partial charge in [0.05, 0.1) is 5.69 Å². The lowest BCUT2D eigenvalue weighted by atomic mass is 10.3. The summed E-state index contributed by atoms with van der Waals surface area (Å²) in [5.74, 6) is 0.675. The molecule has 0 atom stereocenters. The maximum absolute atomic E-state index is 10.8. The topological polar surface area (TPSA) is 45.2 Å². The molecule has 1 amide bonds. The van der Waals surface area contributed by atoms with Crippen LogP contribution >= 0.6 is 0 Å². The second kappa shape index (κ2) is 3.89. The van der Waals surface area contributed by atoms with Crippen LogP contribution in [0.2, 0.25) is 0 Å². The Labute approximate surface area is 77.6 Å². The second-order valence-corrected chi connectivity index (χ2v) is 2.95. The summed E-state index contributed by atoms with van der Waals surface area (Å²) in [5.41, 5.74) is 0.736. The van der Waals surface area contributed by atoms with Crippen molar-refractivity contribution in [1.82, 2.24) is 4.98 Å². The van der Waals surface area contributed by atoms with Crippen LogP contribution in [-0.2, 0) is 4.79 Å². The Morgan fingerprint density at radius 2 is 2.23 bits per heavy atom. The third-order valence-electron chi connectivity index (χ3n) is 1.52. The number of nitrogens with zero attached hydrogens (tertiary/aromatic N) is 2. The molecule has 0 spiro atoms. The average Bonchev–Trinajstić information content (AvgIpc) is 2.03. The van der Waals surface area contributed by atoms with Gasteiger partial charge in [0, 0.05) is 27.2 Å². The SMILES string of the molecule is CC(=O)Nc1cccnc1N(C)C. The molecule has 1 aromatic rings. The number of anilines is 2. The first-order chi connectivity index (χ1) is 6.11. The number of nitrogens with one attached hydrogen (secondary N) is 1. The van der Waals surface area contributed by atoms with E-state index in [2.05, 4.69) is 10.3 Å². The Morgan fingerprint density at radius 1 is 1.54 bits per heavy atom. The van der Waals surface area contributed by atoms with Crippen LogP contribution in [0.3, 0.4) is 0 Å². The van der Waals surface area contributed by atoms with Crippen LogP contribution in [0.25, 0.3) is 0 Å². The maximum atomic E-state index is 10.8. The van der Waals surface area contributed by atoms with Crippen LogP contribution in [0, 0.1) is 0 Å². The highest BCUT2D eigenvalue weighted by Gasteiger charge is 2.05. The summed E-state index contributed by atoms with van der Waals surface area (Å²) < 4.78 is 0. The second-order valence-electron chi connectivity index (χ2n) is 2.95. The van der Waals surface area contributed by atoms with Crippen molar-refractivity contribution >= 4 is 17.4 Å². The first kappa shape index (κ1) is 9.51. The summed E-state index contributed by atoms with van der Waals surface area (Å²) in [7, 11) is 3.77. The van der Waals surface area contributed by atoms with Crippen LogP contribution in [-0.4, -0.2) is 25.0 Å². The Bertz CT molecular complexity index is 309. The molecule has 0 fully saturated rings. The predicted molar refractivity (Wildman–Crippen MR) is 52.9 cm³/mol. The van der Waals surface area contributed by atoms with Crippen molar-refractivity contribution in [2.45, 2.75) is 6.92 Å². The van der Waals surface area contributed by atoms with Crippen molar-refractivity contribution in [3.05, 3.63) is 18.3 Å². The fourth-order valence-electron chi connectivity index (χ4n) is 1.04. The Morgan fingerprint density at radius 3 is 2.77 bits per heavy atom. The van der Waals surface area contributed by atoms with E-state index in [4.69, 9.17) is 0 Å². The van der Waals surface area contributed by atoms with Gasteiger partial charge in [0.25, 0.3) is 0 Å². The molecule has 1 aromatic heterocycles. The van der Waals surface area contributed by atoms with Gasteiger partial charge in [0.1, 0.15) is 0 Å². The molecule has 0 unspecified atom stereocenters. The largest absolute Gasteiger partial charge is 0.361 e. The lowest BCUT2D eigenvalue weighted by molar-refractivity contribution is -0.114. The molecule has 0 radical (unpaired) electrons. The molecule has 0 aliphatic rings. The van der Waals surface area contributed by atoms with Crippen molar-refractivity contribution < 1.29 is 4.79 Å². The van der Waals surface area contributed by atoms with Crippen LogP contribution in [0.4, 0.5) is 11.5 Å². The van der Waals surface area contributed by atoms with E-state index in [0.29, 0.717) is 0 Å². The third kappa shape index (κ3) is 2.43. The zero-order valence-electron chi connectivity index (χ0n) is 8.03. The minimum atomic E-state index is -0.0869. The predicted octanol–water partition coefficient (Wildman–Crippen LogP) is 1.11. The molecule has 1 heterocycles. The summed E-state index contributed by atoms with van der Waals surface area (Å²) in [6.45, 7) is 1.48. The summed E-state index contributed by atoms with van der Waals surface area (Å²) in [5, 5.41) is 2.71. The van der Waals surface area contributed by atoms with Gasteiger partial charge in [-0.2, -0.15) is 0 Å². The van der Waals surface area contributed by atoms with Gasteiger partial charge in [-0.15, -0.1) is 0 Å². The molecule has 0 bridgehead atoms. The molecule has 0 aromatic carbocycles. The van der Waals surface area contributed by atoms with Gasteiger partial charge in [0.2, 0.25) is 5.91 Å². The van der Waals surface area contributed by atoms with E-state index in [1.165, 1.54) is 6.92 Å². The number of hydrogen-bond acceptors (Lipinski definition) is 3. The number of amides is 1. The van der Waals surface area contributed by atoms with Crippen LogP contribution in [0.15, 0.2) is 18.3 Å². The van der Waals surface area contributed by atoms with Gasteiger partial charge >= 0.3 is 0 Å². The lowest BCUT2D eigenvalue weighted by Crippen LogP contribution is -2.15. The van der Waals surface area contributed by atoms with Crippen molar-refractivity contribution in [3.8, 4) is 0 Å². The van der Waals surface area contributed by atoms with Crippen molar-refractivity contribution in [2.24, 2.45) is 0 Å². The van der Waals surface area contributed by atoms with Gasteiger partial charge in [-0.3, -0.25) is 4.79 Å². The quantitative estimate of drug-likeness (QED) is 0.739. The molecule has 0 aliphatic carbocycles. The smallest absolute Gasteiger partial charge is 0.221 e. The van der Waals surface area contributed by atoms with E-state index < -0.39 is 0 Å². The van der Waals surface area contributed by atoms with E-state index >= 15 is 0 Å². The summed E-state index contributed by atoms with van der Waals surface area (Å²) in [6.07, 6.45) is 1.70. The Balaban J connectivity index is 2.97.